The van der Waals surface area contributed by atoms with Crippen molar-refractivity contribution in [3.8, 4) is 5.88 Å². The maximum atomic E-state index is 13.4. The molecule has 2 aliphatic carbocycles. The first-order chi connectivity index (χ1) is 17.9. The predicted molar refractivity (Wildman–Crippen MR) is 147 cm³/mol. The quantitative estimate of drug-likeness (QED) is 0.429. The Kier molecular flexibility index (Phi) is 10.0. The van der Waals surface area contributed by atoms with E-state index in [1.165, 1.54) is 67.8 Å². The largest absolute Gasteiger partial charge is 0.480 e. The normalized spacial score (nSPS) is 22.7. The number of carboxylic acids is 1. The number of fused-ring (bicyclic) bond motifs is 2. The molecular formula is C29H46N4O5. The van der Waals surface area contributed by atoms with Gasteiger partial charge in [0, 0.05) is 19.3 Å². The Morgan fingerprint density at radius 3 is 2.39 bits per heavy atom. The molecule has 3 rings (SSSR count). The number of ether oxygens (including phenoxy) is 1. The second-order valence-electron chi connectivity index (χ2n) is 12.4. The van der Waals surface area contributed by atoms with Crippen LogP contribution in [0.1, 0.15) is 89.9 Å². The van der Waals surface area contributed by atoms with Gasteiger partial charge in [0.25, 0.3) is 5.91 Å². The molecule has 38 heavy (non-hydrogen) atoms. The van der Waals surface area contributed by atoms with E-state index in [2.05, 4.69) is 17.3 Å². The van der Waals surface area contributed by atoms with Crippen molar-refractivity contribution < 1.29 is 24.2 Å². The first-order valence-corrected chi connectivity index (χ1v) is 14.0. The monoisotopic (exact) mass is 530 g/mol. The smallest absolute Gasteiger partial charge is 0.323 e. The minimum absolute atomic E-state index is 0.0593. The molecule has 2 saturated carbocycles. The first kappa shape index (κ1) is 29.7. The van der Waals surface area contributed by atoms with Crippen molar-refractivity contribution in [2.45, 2.75) is 85.6 Å². The second kappa shape index (κ2) is 12.8. The van der Waals surface area contributed by atoms with Crippen molar-refractivity contribution in [1.82, 2.24) is 20.0 Å². The molecule has 2 bridgehead atoms. The molecule has 2 amide bonds. The van der Waals surface area contributed by atoms with E-state index in [1.54, 1.807) is 26.1 Å². The van der Waals surface area contributed by atoms with E-state index in [-0.39, 0.29) is 30.3 Å². The summed E-state index contributed by atoms with van der Waals surface area (Å²) in [5, 5.41) is 16.6. The maximum absolute atomic E-state index is 13.4. The summed E-state index contributed by atoms with van der Waals surface area (Å²) >= 11 is 0. The first-order valence-electron chi connectivity index (χ1n) is 14.0. The number of aromatic nitrogens is 2. The van der Waals surface area contributed by atoms with Gasteiger partial charge in [0.2, 0.25) is 11.8 Å². The van der Waals surface area contributed by atoms with Crippen molar-refractivity contribution >= 4 is 24.0 Å². The summed E-state index contributed by atoms with van der Waals surface area (Å²) in [6, 6.07) is 0.0593. The van der Waals surface area contributed by atoms with Crippen LogP contribution in [0, 0.1) is 29.1 Å². The summed E-state index contributed by atoms with van der Waals surface area (Å²) in [7, 11) is 1.46. The van der Waals surface area contributed by atoms with Crippen molar-refractivity contribution in [3.05, 3.63) is 17.8 Å². The molecular weight excluding hydrogens is 484 g/mol. The number of rotatable bonds is 11. The molecule has 0 saturated heterocycles. The number of carbonyl (C=O) groups is 3. The van der Waals surface area contributed by atoms with Gasteiger partial charge in [-0.1, -0.05) is 45.6 Å². The van der Waals surface area contributed by atoms with E-state index in [9.17, 15) is 14.4 Å². The van der Waals surface area contributed by atoms with Crippen LogP contribution in [0.4, 0.5) is 0 Å². The van der Waals surface area contributed by atoms with Crippen LogP contribution in [0.5, 0.6) is 5.88 Å². The van der Waals surface area contributed by atoms with Crippen LogP contribution in [0.2, 0.25) is 0 Å². The molecule has 1 heterocycles. The minimum Gasteiger partial charge on any atom is -0.480 e. The Bertz CT molecular complexity index is 1000. The summed E-state index contributed by atoms with van der Waals surface area (Å²) in [5.74, 6) is 0.982. The topological polar surface area (TPSA) is 114 Å². The molecule has 2 fully saturated rings. The Hall–Kier alpha value is -2.84. The lowest BCUT2D eigenvalue weighted by Gasteiger charge is -2.36. The fourth-order valence-corrected chi connectivity index (χ4v) is 5.86. The van der Waals surface area contributed by atoms with Crippen LogP contribution in [0.3, 0.4) is 0 Å². The van der Waals surface area contributed by atoms with Gasteiger partial charge in [0.15, 0.2) is 0 Å². The third-order valence-corrected chi connectivity index (χ3v) is 7.93. The maximum Gasteiger partial charge on any atom is 0.323 e. The molecule has 0 aromatic carbocycles. The molecule has 2 aliphatic rings. The van der Waals surface area contributed by atoms with E-state index in [0.29, 0.717) is 24.0 Å². The van der Waals surface area contributed by atoms with Gasteiger partial charge in [-0.2, -0.15) is 5.10 Å². The standard InChI is InChI=1S/C29H46N4O5/c1-19(2)18-38-27-24(16-30-33(27)12-11-29(4,5)28(37)32(6)17-25(34)35)26(36)31-20(3)23-14-21-9-7-8-10-22(13-21)15-23/h11-12,16,19-23H,7-10,13-15,17-18H2,1-6H3,(H,31,36)(H,34,35)/b12-11+. The third kappa shape index (κ3) is 7.84. The summed E-state index contributed by atoms with van der Waals surface area (Å²) in [4.78, 5) is 38.4. The molecule has 3 atom stereocenters. The SMILES string of the molecule is CC(C)COc1c(C(=O)NC(C)C2CC3CCCCC(C3)C2)cnn1/C=C/C(C)(C)C(=O)N(C)CC(=O)O. The highest BCUT2D eigenvalue weighted by Crippen LogP contribution is 2.42. The van der Waals surface area contributed by atoms with Crippen LogP contribution in [-0.2, 0) is 9.59 Å². The fraction of sp³-hybridized carbons (Fsp3) is 0.724. The van der Waals surface area contributed by atoms with Crippen molar-refractivity contribution in [2.24, 2.45) is 29.1 Å². The molecule has 9 heteroatoms. The number of aliphatic carboxylic acids is 1. The van der Waals surface area contributed by atoms with Crippen LogP contribution in [0.25, 0.3) is 6.20 Å². The lowest BCUT2D eigenvalue weighted by Crippen LogP contribution is -2.41. The Morgan fingerprint density at radius 1 is 1.18 bits per heavy atom. The lowest BCUT2D eigenvalue weighted by molar-refractivity contribution is -0.146. The molecule has 3 unspecified atom stereocenters. The molecule has 212 valence electrons. The second-order valence-corrected chi connectivity index (χ2v) is 12.4. The summed E-state index contributed by atoms with van der Waals surface area (Å²) in [5.41, 5.74) is -0.623. The number of carboxylic acid groups (broad SMARTS) is 1. The van der Waals surface area contributed by atoms with Crippen LogP contribution in [0.15, 0.2) is 12.3 Å². The van der Waals surface area contributed by atoms with Gasteiger partial charge in [-0.3, -0.25) is 14.4 Å². The van der Waals surface area contributed by atoms with Crippen LogP contribution >= 0.6 is 0 Å². The predicted octanol–water partition coefficient (Wildman–Crippen LogP) is 4.68. The van der Waals surface area contributed by atoms with Crippen molar-refractivity contribution in [2.75, 3.05) is 20.2 Å². The molecule has 2 N–H and O–H groups in total. The Balaban J connectivity index is 1.75. The lowest BCUT2D eigenvalue weighted by atomic mass is 9.72. The fourth-order valence-electron chi connectivity index (χ4n) is 5.86. The highest BCUT2D eigenvalue weighted by Gasteiger charge is 2.34. The van der Waals surface area contributed by atoms with Gasteiger partial charge in [0.1, 0.15) is 12.1 Å². The van der Waals surface area contributed by atoms with Crippen molar-refractivity contribution in [3.63, 3.8) is 0 Å². The average molecular weight is 531 g/mol. The van der Waals surface area contributed by atoms with E-state index in [4.69, 9.17) is 9.84 Å². The summed E-state index contributed by atoms with van der Waals surface area (Å²) in [6.07, 6.45) is 13.7. The number of nitrogens with one attached hydrogen (secondary N) is 1. The van der Waals surface area contributed by atoms with Crippen LogP contribution < -0.4 is 10.1 Å². The zero-order valence-corrected chi connectivity index (χ0v) is 23.9. The average Bonchev–Trinajstić information content (AvgIpc) is 3.17. The summed E-state index contributed by atoms with van der Waals surface area (Å²) < 4.78 is 7.51. The zero-order chi connectivity index (χ0) is 28.0. The number of hydrogen-bond acceptors (Lipinski definition) is 5. The van der Waals surface area contributed by atoms with Gasteiger partial charge in [-0.15, -0.1) is 0 Å². The molecule has 1 aromatic rings. The highest BCUT2D eigenvalue weighted by molar-refractivity contribution is 5.96. The Labute approximate surface area is 227 Å². The highest BCUT2D eigenvalue weighted by atomic mass is 16.5. The van der Waals surface area contributed by atoms with Gasteiger partial charge in [-0.05, 0) is 63.7 Å². The molecule has 0 radical (unpaired) electrons. The molecule has 1 aromatic heterocycles. The van der Waals surface area contributed by atoms with E-state index in [1.807, 2.05) is 13.8 Å². The minimum atomic E-state index is -1.08. The Morgan fingerprint density at radius 2 is 1.82 bits per heavy atom. The van der Waals surface area contributed by atoms with Crippen molar-refractivity contribution in [1.29, 1.82) is 0 Å². The van der Waals surface area contributed by atoms with E-state index < -0.39 is 11.4 Å². The van der Waals surface area contributed by atoms with Gasteiger partial charge >= 0.3 is 5.97 Å². The number of amides is 2. The van der Waals surface area contributed by atoms with Gasteiger partial charge in [0.05, 0.1) is 18.2 Å². The molecule has 0 aliphatic heterocycles. The third-order valence-electron chi connectivity index (χ3n) is 7.93. The van der Waals surface area contributed by atoms with Gasteiger partial charge < -0.3 is 20.1 Å². The summed E-state index contributed by atoms with van der Waals surface area (Å²) in [6.45, 7) is 9.61. The number of likely N-dealkylation sites (N-methyl/N-ethyl adjacent to an activating group) is 1. The number of carbonyl (C=O) groups excluding carboxylic acids is 2. The van der Waals surface area contributed by atoms with Crippen LogP contribution in [-0.4, -0.2) is 63.8 Å². The van der Waals surface area contributed by atoms with E-state index >= 15 is 0 Å². The van der Waals surface area contributed by atoms with Gasteiger partial charge in [-0.25, -0.2) is 4.68 Å². The van der Waals surface area contributed by atoms with E-state index in [0.717, 1.165) is 11.8 Å². The number of hydrogen-bond donors (Lipinski definition) is 2. The molecule has 9 nitrogen and oxygen atoms in total. The zero-order valence-electron chi connectivity index (χ0n) is 23.9. The number of nitrogens with zero attached hydrogens (tertiary/aromatic N) is 3. The molecule has 0 spiro atoms.